The lowest BCUT2D eigenvalue weighted by Crippen LogP contribution is -2.49. The topological polar surface area (TPSA) is 69.6 Å². The predicted molar refractivity (Wildman–Crippen MR) is 82.2 cm³/mol. The van der Waals surface area contributed by atoms with E-state index >= 15 is 0 Å². The summed E-state index contributed by atoms with van der Waals surface area (Å²) in [5, 5.41) is 11.8. The van der Waals surface area contributed by atoms with Crippen LogP contribution in [0.25, 0.3) is 0 Å². The van der Waals surface area contributed by atoms with E-state index in [1.165, 1.54) is 12.2 Å². The molecule has 0 bridgehead atoms. The second-order valence-corrected chi connectivity index (χ2v) is 6.21. The van der Waals surface area contributed by atoms with Crippen LogP contribution in [0.1, 0.15) is 44.9 Å². The molecule has 6 heteroatoms. The molecule has 2 amide bonds. The van der Waals surface area contributed by atoms with Gasteiger partial charge in [0.05, 0.1) is 6.42 Å². The normalized spacial score (nSPS) is 18.9. The SMILES string of the molecule is CSCCCCCNC(=O)N1CCCCC1CC(=O)O. The number of nitrogens with zero attached hydrogens (tertiary/aromatic N) is 1. The summed E-state index contributed by atoms with van der Waals surface area (Å²) >= 11 is 1.84. The van der Waals surface area contributed by atoms with Crippen LogP contribution in [-0.2, 0) is 4.79 Å². The van der Waals surface area contributed by atoms with Crippen molar-refractivity contribution < 1.29 is 14.7 Å². The van der Waals surface area contributed by atoms with Gasteiger partial charge in [0.1, 0.15) is 0 Å². The second-order valence-electron chi connectivity index (χ2n) is 5.23. The number of carbonyl (C=O) groups excluding carboxylic acids is 1. The molecule has 0 spiro atoms. The van der Waals surface area contributed by atoms with E-state index in [0.717, 1.165) is 32.1 Å². The van der Waals surface area contributed by atoms with Crippen LogP contribution in [0.15, 0.2) is 0 Å². The molecule has 1 saturated heterocycles. The predicted octanol–water partition coefficient (Wildman–Crippen LogP) is 2.56. The fourth-order valence-corrected chi connectivity index (χ4v) is 3.02. The van der Waals surface area contributed by atoms with Gasteiger partial charge in [-0.05, 0) is 44.1 Å². The van der Waals surface area contributed by atoms with E-state index in [0.29, 0.717) is 13.1 Å². The first-order valence-electron chi connectivity index (χ1n) is 7.40. The van der Waals surface area contributed by atoms with Gasteiger partial charge in [0.25, 0.3) is 0 Å². The van der Waals surface area contributed by atoms with Crippen molar-refractivity contribution in [3.05, 3.63) is 0 Å². The molecule has 0 aliphatic carbocycles. The number of unbranched alkanes of at least 4 members (excludes halogenated alkanes) is 2. The number of likely N-dealkylation sites (tertiary alicyclic amines) is 1. The van der Waals surface area contributed by atoms with E-state index in [1.54, 1.807) is 4.90 Å². The lowest BCUT2D eigenvalue weighted by molar-refractivity contribution is -0.138. The van der Waals surface area contributed by atoms with Gasteiger partial charge in [0.15, 0.2) is 0 Å². The molecule has 1 atom stereocenters. The molecule has 1 fully saturated rings. The van der Waals surface area contributed by atoms with Gasteiger partial charge in [-0.1, -0.05) is 6.42 Å². The molecule has 20 heavy (non-hydrogen) atoms. The Morgan fingerprint density at radius 2 is 2.10 bits per heavy atom. The van der Waals surface area contributed by atoms with Crippen LogP contribution >= 0.6 is 11.8 Å². The largest absolute Gasteiger partial charge is 0.481 e. The number of carboxylic acid groups (broad SMARTS) is 1. The smallest absolute Gasteiger partial charge is 0.317 e. The highest BCUT2D eigenvalue weighted by Gasteiger charge is 2.28. The zero-order chi connectivity index (χ0) is 14.8. The number of piperidine rings is 1. The van der Waals surface area contributed by atoms with Crippen molar-refractivity contribution in [2.45, 2.75) is 51.0 Å². The zero-order valence-corrected chi connectivity index (χ0v) is 13.1. The standard InChI is InChI=1S/C14H26N2O3S/c1-20-10-6-2-4-8-15-14(19)16-9-5-3-7-12(16)11-13(17)18/h12H,2-11H2,1H3,(H,15,19)(H,17,18). The van der Waals surface area contributed by atoms with Crippen molar-refractivity contribution in [1.29, 1.82) is 0 Å². The Hall–Kier alpha value is -0.910. The third kappa shape index (κ3) is 6.50. The summed E-state index contributed by atoms with van der Waals surface area (Å²) in [4.78, 5) is 24.6. The molecule has 0 aromatic rings. The van der Waals surface area contributed by atoms with Gasteiger partial charge >= 0.3 is 12.0 Å². The van der Waals surface area contributed by atoms with E-state index in [-0.39, 0.29) is 18.5 Å². The van der Waals surface area contributed by atoms with Crippen LogP contribution in [0.3, 0.4) is 0 Å². The first-order valence-corrected chi connectivity index (χ1v) is 8.79. The number of hydrogen-bond acceptors (Lipinski definition) is 3. The molecule has 116 valence electrons. The Kier molecular flexibility index (Phi) is 8.49. The van der Waals surface area contributed by atoms with Gasteiger partial charge in [-0.2, -0.15) is 11.8 Å². The number of carboxylic acids is 1. The zero-order valence-electron chi connectivity index (χ0n) is 12.3. The summed E-state index contributed by atoms with van der Waals surface area (Å²) in [5.74, 6) is 0.340. The summed E-state index contributed by atoms with van der Waals surface area (Å²) in [6, 6.07) is -0.237. The van der Waals surface area contributed by atoms with Crippen molar-refractivity contribution in [3.63, 3.8) is 0 Å². The highest BCUT2D eigenvalue weighted by atomic mass is 32.2. The van der Waals surface area contributed by atoms with Crippen molar-refractivity contribution in [2.75, 3.05) is 25.1 Å². The number of amides is 2. The molecular formula is C14H26N2O3S. The fraction of sp³-hybridized carbons (Fsp3) is 0.857. The maximum atomic E-state index is 12.1. The van der Waals surface area contributed by atoms with Crippen LogP contribution < -0.4 is 5.32 Å². The maximum absolute atomic E-state index is 12.1. The van der Waals surface area contributed by atoms with E-state index < -0.39 is 5.97 Å². The molecule has 1 heterocycles. The number of thioether (sulfide) groups is 1. The quantitative estimate of drug-likeness (QED) is 0.676. The van der Waals surface area contributed by atoms with Crippen molar-refractivity contribution in [3.8, 4) is 0 Å². The number of urea groups is 1. The van der Waals surface area contributed by atoms with Gasteiger partial charge in [0, 0.05) is 19.1 Å². The Morgan fingerprint density at radius 1 is 1.30 bits per heavy atom. The lowest BCUT2D eigenvalue weighted by atomic mass is 10.00. The van der Waals surface area contributed by atoms with Crippen LogP contribution in [0.5, 0.6) is 0 Å². The maximum Gasteiger partial charge on any atom is 0.317 e. The molecule has 1 aliphatic rings. The fourth-order valence-electron chi connectivity index (χ4n) is 2.53. The average Bonchev–Trinajstić information content (AvgIpc) is 2.42. The van der Waals surface area contributed by atoms with Gasteiger partial charge in [0.2, 0.25) is 0 Å². The highest BCUT2D eigenvalue weighted by molar-refractivity contribution is 7.98. The van der Waals surface area contributed by atoms with Crippen LogP contribution in [0, 0.1) is 0 Å². The van der Waals surface area contributed by atoms with Crippen molar-refractivity contribution in [1.82, 2.24) is 10.2 Å². The number of aliphatic carboxylic acids is 1. The van der Waals surface area contributed by atoms with Crippen LogP contribution in [0.2, 0.25) is 0 Å². The van der Waals surface area contributed by atoms with Gasteiger partial charge in [-0.3, -0.25) is 4.79 Å². The Morgan fingerprint density at radius 3 is 2.80 bits per heavy atom. The first kappa shape index (κ1) is 17.1. The summed E-state index contributed by atoms with van der Waals surface area (Å²) in [5.41, 5.74) is 0. The number of carbonyl (C=O) groups is 2. The van der Waals surface area contributed by atoms with E-state index in [2.05, 4.69) is 11.6 Å². The Balaban J connectivity index is 2.26. The molecule has 0 aromatic carbocycles. The molecule has 1 aliphatic heterocycles. The number of nitrogens with one attached hydrogen (secondary N) is 1. The second kappa shape index (κ2) is 9.91. The van der Waals surface area contributed by atoms with Gasteiger partial charge in [-0.25, -0.2) is 4.79 Å². The van der Waals surface area contributed by atoms with Crippen molar-refractivity contribution >= 4 is 23.8 Å². The first-order chi connectivity index (χ1) is 9.65. The minimum absolute atomic E-state index is 0.0567. The lowest BCUT2D eigenvalue weighted by Gasteiger charge is -2.34. The number of rotatable bonds is 8. The summed E-state index contributed by atoms with van der Waals surface area (Å²) < 4.78 is 0. The van der Waals surface area contributed by atoms with Gasteiger partial charge in [-0.15, -0.1) is 0 Å². The minimum atomic E-state index is -0.827. The molecule has 2 N–H and O–H groups in total. The molecule has 0 radical (unpaired) electrons. The monoisotopic (exact) mass is 302 g/mol. The van der Waals surface area contributed by atoms with E-state index in [9.17, 15) is 9.59 Å². The molecule has 1 rings (SSSR count). The van der Waals surface area contributed by atoms with Crippen molar-refractivity contribution in [2.24, 2.45) is 0 Å². The molecule has 1 unspecified atom stereocenters. The summed E-state index contributed by atoms with van der Waals surface area (Å²) in [7, 11) is 0. The summed E-state index contributed by atoms with van der Waals surface area (Å²) in [6.07, 6.45) is 8.23. The number of hydrogen-bond donors (Lipinski definition) is 2. The van der Waals surface area contributed by atoms with Crippen LogP contribution in [-0.4, -0.2) is 53.1 Å². The van der Waals surface area contributed by atoms with Gasteiger partial charge < -0.3 is 15.3 Å². The third-order valence-corrected chi connectivity index (χ3v) is 4.30. The average molecular weight is 302 g/mol. The third-order valence-electron chi connectivity index (χ3n) is 3.60. The van der Waals surface area contributed by atoms with E-state index in [4.69, 9.17) is 5.11 Å². The van der Waals surface area contributed by atoms with Crippen LogP contribution in [0.4, 0.5) is 4.79 Å². The van der Waals surface area contributed by atoms with E-state index in [1.807, 2.05) is 11.8 Å². The molecule has 0 aromatic heterocycles. The molecule has 5 nitrogen and oxygen atoms in total. The molecular weight excluding hydrogens is 276 g/mol. The summed E-state index contributed by atoms with van der Waals surface area (Å²) in [6.45, 7) is 1.36. The minimum Gasteiger partial charge on any atom is -0.481 e. The molecule has 0 saturated carbocycles. The highest BCUT2D eigenvalue weighted by Crippen LogP contribution is 2.19. The Bertz CT molecular complexity index is 313. The Labute approximate surface area is 125 Å².